The predicted molar refractivity (Wildman–Crippen MR) is 81.0 cm³/mol. The van der Waals surface area contributed by atoms with E-state index in [1.807, 2.05) is 35.6 Å². The second kappa shape index (κ2) is 6.41. The Morgan fingerprint density at radius 1 is 1.40 bits per heavy atom. The Morgan fingerprint density at radius 2 is 2.15 bits per heavy atom. The lowest BCUT2D eigenvalue weighted by Gasteiger charge is -2.19. The van der Waals surface area contributed by atoms with Crippen LogP contribution in [-0.4, -0.2) is 26.1 Å². The molecule has 0 amide bonds. The SMILES string of the molecule is CCNC(Cc1c(Cl)c(C)nn1CC)c1ccnn1C. The number of aryl methyl sites for hydroxylation is 3. The zero-order valence-corrected chi connectivity index (χ0v) is 13.3. The van der Waals surface area contributed by atoms with Gasteiger partial charge in [-0.1, -0.05) is 18.5 Å². The van der Waals surface area contributed by atoms with Gasteiger partial charge in [-0.25, -0.2) is 0 Å². The van der Waals surface area contributed by atoms with Crippen LogP contribution >= 0.6 is 11.6 Å². The molecule has 20 heavy (non-hydrogen) atoms. The van der Waals surface area contributed by atoms with Crippen LogP contribution in [0, 0.1) is 6.92 Å². The van der Waals surface area contributed by atoms with Crippen LogP contribution in [0.2, 0.25) is 5.02 Å². The zero-order valence-electron chi connectivity index (χ0n) is 12.5. The molecule has 2 aromatic heterocycles. The van der Waals surface area contributed by atoms with Crippen molar-refractivity contribution in [1.29, 1.82) is 0 Å². The van der Waals surface area contributed by atoms with Gasteiger partial charge in [-0.15, -0.1) is 0 Å². The van der Waals surface area contributed by atoms with Gasteiger partial charge in [0.2, 0.25) is 0 Å². The molecule has 0 spiro atoms. The Bertz CT molecular complexity index is 572. The van der Waals surface area contributed by atoms with Gasteiger partial charge >= 0.3 is 0 Å². The molecule has 0 saturated carbocycles. The summed E-state index contributed by atoms with van der Waals surface area (Å²) in [5, 5.41) is 13.0. The van der Waals surface area contributed by atoms with Crippen molar-refractivity contribution in [3.8, 4) is 0 Å². The van der Waals surface area contributed by atoms with Crippen molar-refractivity contribution in [3.05, 3.63) is 34.4 Å². The Kier molecular flexibility index (Phi) is 4.83. The van der Waals surface area contributed by atoms with Crippen molar-refractivity contribution in [1.82, 2.24) is 24.9 Å². The lowest BCUT2D eigenvalue weighted by atomic mass is 10.1. The highest BCUT2D eigenvalue weighted by atomic mass is 35.5. The number of halogens is 1. The minimum absolute atomic E-state index is 0.186. The molecule has 1 N–H and O–H groups in total. The van der Waals surface area contributed by atoms with Gasteiger partial charge in [0, 0.05) is 26.2 Å². The minimum Gasteiger partial charge on any atom is -0.309 e. The van der Waals surface area contributed by atoms with Crippen molar-refractivity contribution in [3.63, 3.8) is 0 Å². The fraction of sp³-hybridized carbons (Fsp3) is 0.571. The maximum atomic E-state index is 6.40. The number of nitrogens with one attached hydrogen (secondary N) is 1. The van der Waals surface area contributed by atoms with Gasteiger partial charge in [-0.3, -0.25) is 9.36 Å². The molecule has 110 valence electrons. The molecule has 1 atom stereocenters. The molecule has 6 heteroatoms. The van der Waals surface area contributed by atoms with Gasteiger partial charge in [0.05, 0.1) is 28.1 Å². The van der Waals surface area contributed by atoms with Gasteiger partial charge in [-0.2, -0.15) is 10.2 Å². The Balaban J connectivity index is 2.31. The summed E-state index contributed by atoms with van der Waals surface area (Å²) < 4.78 is 3.89. The third-order valence-electron chi connectivity index (χ3n) is 3.52. The average Bonchev–Trinajstić information content (AvgIpc) is 2.96. The van der Waals surface area contributed by atoms with Crippen LogP contribution in [0.3, 0.4) is 0 Å². The number of hydrogen-bond donors (Lipinski definition) is 1. The summed E-state index contributed by atoms with van der Waals surface area (Å²) in [5.74, 6) is 0. The highest BCUT2D eigenvalue weighted by Crippen LogP contribution is 2.26. The number of nitrogens with zero attached hydrogens (tertiary/aromatic N) is 4. The van der Waals surface area contributed by atoms with Gasteiger partial charge in [-0.05, 0) is 26.5 Å². The van der Waals surface area contributed by atoms with Gasteiger partial charge in [0.1, 0.15) is 0 Å². The van der Waals surface area contributed by atoms with Crippen LogP contribution in [0.4, 0.5) is 0 Å². The monoisotopic (exact) mass is 295 g/mol. The van der Waals surface area contributed by atoms with E-state index in [4.69, 9.17) is 11.6 Å². The molecule has 0 aliphatic heterocycles. The van der Waals surface area contributed by atoms with Crippen molar-refractivity contribution < 1.29 is 0 Å². The molecule has 0 bridgehead atoms. The summed E-state index contributed by atoms with van der Waals surface area (Å²) in [6.07, 6.45) is 2.63. The molecule has 0 aromatic carbocycles. The first-order valence-electron chi connectivity index (χ1n) is 7.01. The van der Waals surface area contributed by atoms with E-state index >= 15 is 0 Å². The summed E-state index contributed by atoms with van der Waals surface area (Å²) in [6, 6.07) is 2.23. The highest BCUT2D eigenvalue weighted by Gasteiger charge is 2.20. The molecule has 1 unspecified atom stereocenters. The quantitative estimate of drug-likeness (QED) is 0.891. The summed E-state index contributed by atoms with van der Waals surface area (Å²) in [4.78, 5) is 0. The Labute approximate surface area is 124 Å². The van der Waals surface area contributed by atoms with Crippen molar-refractivity contribution in [2.24, 2.45) is 7.05 Å². The molecule has 2 rings (SSSR count). The molecular formula is C14H22ClN5. The third-order valence-corrected chi connectivity index (χ3v) is 4.01. The first-order valence-corrected chi connectivity index (χ1v) is 7.39. The molecule has 0 fully saturated rings. The number of rotatable bonds is 6. The minimum atomic E-state index is 0.186. The maximum absolute atomic E-state index is 6.40. The molecule has 2 aromatic rings. The fourth-order valence-corrected chi connectivity index (χ4v) is 2.72. The molecular weight excluding hydrogens is 274 g/mol. The van der Waals surface area contributed by atoms with E-state index in [-0.39, 0.29) is 6.04 Å². The second-order valence-electron chi connectivity index (χ2n) is 4.86. The van der Waals surface area contributed by atoms with Crippen molar-refractivity contribution >= 4 is 11.6 Å². The fourth-order valence-electron chi connectivity index (χ4n) is 2.51. The van der Waals surface area contributed by atoms with Crippen molar-refractivity contribution in [2.45, 2.75) is 39.8 Å². The van der Waals surface area contributed by atoms with E-state index in [0.717, 1.165) is 41.6 Å². The van der Waals surface area contributed by atoms with Crippen LogP contribution in [0.15, 0.2) is 12.3 Å². The lowest BCUT2D eigenvalue weighted by Crippen LogP contribution is -2.26. The first-order chi connectivity index (χ1) is 9.58. The normalized spacial score (nSPS) is 12.8. The summed E-state index contributed by atoms with van der Waals surface area (Å²) in [5.41, 5.74) is 3.13. The maximum Gasteiger partial charge on any atom is 0.0847 e. The highest BCUT2D eigenvalue weighted by molar-refractivity contribution is 6.31. The topological polar surface area (TPSA) is 47.7 Å². The number of likely N-dealkylation sites (N-methyl/N-ethyl adjacent to an activating group) is 1. The molecule has 5 nitrogen and oxygen atoms in total. The van der Waals surface area contributed by atoms with E-state index in [1.165, 1.54) is 0 Å². The predicted octanol–water partition coefficient (Wildman–Crippen LogP) is 2.49. The van der Waals surface area contributed by atoms with Crippen LogP contribution in [0.1, 0.15) is 37.0 Å². The molecule has 0 radical (unpaired) electrons. The van der Waals surface area contributed by atoms with Gasteiger partial charge < -0.3 is 5.32 Å². The Morgan fingerprint density at radius 3 is 2.70 bits per heavy atom. The van der Waals surface area contributed by atoms with E-state index in [1.54, 1.807) is 0 Å². The average molecular weight is 296 g/mol. The standard InChI is InChI=1S/C14H22ClN5/c1-5-16-11(12-7-8-17-19(12)4)9-13-14(15)10(3)18-20(13)6-2/h7-8,11,16H,5-6,9H2,1-4H3. The van der Waals surface area contributed by atoms with Crippen LogP contribution < -0.4 is 5.32 Å². The third kappa shape index (κ3) is 2.88. The molecule has 2 heterocycles. The van der Waals surface area contributed by atoms with Crippen LogP contribution in [-0.2, 0) is 20.0 Å². The largest absolute Gasteiger partial charge is 0.309 e. The van der Waals surface area contributed by atoms with E-state index < -0.39 is 0 Å². The second-order valence-corrected chi connectivity index (χ2v) is 5.23. The van der Waals surface area contributed by atoms with Gasteiger partial charge in [0.25, 0.3) is 0 Å². The molecule has 0 saturated heterocycles. The first kappa shape index (κ1) is 15.1. The molecule has 0 aliphatic rings. The lowest BCUT2D eigenvalue weighted by molar-refractivity contribution is 0.486. The smallest absolute Gasteiger partial charge is 0.0847 e. The zero-order chi connectivity index (χ0) is 14.7. The van der Waals surface area contributed by atoms with E-state index in [2.05, 4.69) is 29.4 Å². The van der Waals surface area contributed by atoms with Crippen molar-refractivity contribution in [2.75, 3.05) is 6.54 Å². The number of aromatic nitrogens is 4. The van der Waals surface area contributed by atoms with Crippen LogP contribution in [0.25, 0.3) is 0 Å². The summed E-state index contributed by atoms with van der Waals surface area (Å²) in [6.45, 7) is 7.86. The van der Waals surface area contributed by atoms with Crippen LogP contribution in [0.5, 0.6) is 0 Å². The van der Waals surface area contributed by atoms with E-state index in [9.17, 15) is 0 Å². The van der Waals surface area contributed by atoms with Gasteiger partial charge in [0.15, 0.2) is 0 Å². The van der Waals surface area contributed by atoms with E-state index in [0.29, 0.717) is 0 Å². The number of hydrogen-bond acceptors (Lipinski definition) is 3. The summed E-state index contributed by atoms with van der Waals surface area (Å²) >= 11 is 6.40. The summed E-state index contributed by atoms with van der Waals surface area (Å²) in [7, 11) is 1.96. The Hall–Kier alpha value is -1.33. The molecule has 0 aliphatic carbocycles.